The molecule has 1 N–H and O–H groups in total. The molecule has 116 valence electrons. The van der Waals surface area contributed by atoms with Crippen LogP contribution in [0, 0.1) is 5.92 Å². The van der Waals surface area contributed by atoms with Crippen LogP contribution in [0.1, 0.15) is 39.3 Å². The van der Waals surface area contributed by atoms with Crippen LogP contribution in [0.2, 0.25) is 0 Å². The van der Waals surface area contributed by atoms with E-state index in [-0.39, 0.29) is 11.1 Å². The normalized spacial score (nSPS) is 29.3. The summed E-state index contributed by atoms with van der Waals surface area (Å²) in [5.74, 6) is 1.54. The van der Waals surface area contributed by atoms with Crippen LogP contribution in [0.25, 0.3) is 0 Å². The second kappa shape index (κ2) is 5.25. The van der Waals surface area contributed by atoms with Gasteiger partial charge in [0.1, 0.15) is 0 Å². The minimum atomic E-state index is 0.152. The van der Waals surface area contributed by atoms with Crippen LogP contribution >= 0.6 is 0 Å². The standard InChI is InChI=1S/C17H27N3O/c1-16(2)11-18-17(3,13-8-9-13)12-20(16)10-14-6-5-7-15(19-14)21-4/h5-7,13,18H,8-12H2,1-4H3. The van der Waals surface area contributed by atoms with Crippen LogP contribution < -0.4 is 10.1 Å². The first-order valence-electron chi connectivity index (χ1n) is 7.93. The van der Waals surface area contributed by atoms with Crippen LogP contribution in [0.4, 0.5) is 0 Å². The number of rotatable bonds is 4. The Morgan fingerprint density at radius 1 is 1.33 bits per heavy atom. The highest BCUT2D eigenvalue weighted by atomic mass is 16.5. The van der Waals surface area contributed by atoms with E-state index in [2.05, 4.69) is 42.0 Å². The Hall–Kier alpha value is -1.13. The van der Waals surface area contributed by atoms with Gasteiger partial charge in [0.05, 0.1) is 12.8 Å². The van der Waals surface area contributed by atoms with E-state index >= 15 is 0 Å². The summed E-state index contributed by atoms with van der Waals surface area (Å²) in [6, 6.07) is 6.02. The molecular formula is C17H27N3O. The quantitative estimate of drug-likeness (QED) is 0.924. The Balaban J connectivity index is 1.77. The highest BCUT2D eigenvalue weighted by Gasteiger charge is 2.48. The zero-order valence-corrected chi connectivity index (χ0v) is 13.6. The smallest absolute Gasteiger partial charge is 0.213 e. The summed E-state index contributed by atoms with van der Waals surface area (Å²) in [7, 11) is 1.67. The lowest BCUT2D eigenvalue weighted by Gasteiger charge is -2.51. The maximum absolute atomic E-state index is 5.24. The zero-order chi connectivity index (χ0) is 15.1. The molecule has 1 aliphatic carbocycles. The molecular weight excluding hydrogens is 262 g/mol. The second-order valence-electron chi connectivity index (χ2n) is 7.39. The van der Waals surface area contributed by atoms with Crippen LogP contribution in [-0.2, 0) is 6.54 Å². The lowest BCUT2D eigenvalue weighted by Crippen LogP contribution is -2.67. The van der Waals surface area contributed by atoms with Crippen molar-refractivity contribution >= 4 is 0 Å². The molecule has 1 aromatic rings. The number of piperazine rings is 1. The SMILES string of the molecule is COc1cccc(CN2CC(C)(C3CC3)NCC2(C)C)n1. The van der Waals surface area contributed by atoms with Gasteiger partial charge in [-0.15, -0.1) is 0 Å². The van der Waals surface area contributed by atoms with Crippen molar-refractivity contribution in [2.45, 2.75) is 51.2 Å². The van der Waals surface area contributed by atoms with Crippen LogP contribution in [0.5, 0.6) is 5.88 Å². The Labute approximate surface area is 127 Å². The monoisotopic (exact) mass is 289 g/mol. The maximum Gasteiger partial charge on any atom is 0.213 e. The molecule has 0 spiro atoms. The minimum absolute atomic E-state index is 0.152. The first-order chi connectivity index (χ1) is 9.93. The van der Waals surface area contributed by atoms with E-state index in [9.17, 15) is 0 Å². The minimum Gasteiger partial charge on any atom is -0.481 e. The van der Waals surface area contributed by atoms with E-state index in [1.165, 1.54) is 12.8 Å². The van der Waals surface area contributed by atoms with Gasteiger partial charge in [0.25, 0.3) is 0 Å². The van der Waals surface area contributed by atoms with Gasteiger partial charge in [0.2, 0.25) is 5.88 Å². The summed E-state index contributed by atoms with van der Waals surface area (Å²) >= 11 is 0. The summed E-state index contributed by atoms with van der Waals surface area (Å²) in [4.78, 5) is 7.15. The van der Waals surface area contributed by atoms with Crippen LogP contribution in [-0.4, -0.2) is 41.2 Å². The summed E-state index contributed by atoms with van der Waals surface area (Å²) in [6.07, 6.45) is 2.74. The fourth-order valence-corrected chi connectivity index (χ4v) is 3.32. The summed E-state index contributed by atoms with van der Waals surface area (Å²) in [5, 5.41) is 3.80. The van der Waals surface area contributed by atoms with Crippen LogP contribution in [0.15, 0.2) is 18.2 Å². The van der Waals surface area contributed by atoms with E-state index in [1.54, 1.807) is 7.11 Å². The number of methoxy groups -OCH3 is 1. The van der Waals surface area contributed by atoms with Crippen molar-refractivity contribution in [3.05, 3.63) is 23.9 Å². The third kappa shape index (κ3) is 3.06. The number of nitrogens with one attached hydrogen (secondary N) is 1. The molecule has 1 atom stereocenters. The van der Waals surface area contributed by atoms with Crippen LogP contribution in [0.3, 0.4) is 0 Å². The van der Waals surface area contributed by atoms with Crippen molar-refractivity contribution in [2.75, 3.05) is 20.2 Å². The van der Waals surface area contributed by atoms with E-state index in [1.807, 2.05) is 12.1 Å². The third-order valence-electron chi connectivity index (χ3n) is 5.12. The second-order valence-corrected chi connectivity index (χ2v) is 7.39. The van der Waals surface area contributed by atoms with E-state index < -0.39 is 0 Å². The van der Waals surface area contributed by atoms with Gasteiger partial charge >= 0.3 is 0 Å². The first-order valence-corrected chi connectivity index (χ1v) is 7.93. The van der Waals surface area contributed by atoms with E-state index in [0.29, 0.717) is 5.88 Å². The molecule has 3 rings (SSSR count). The molecule has 0 radical (unpaired) electrons. The van der Waals surface area contributed by atoms with Gasteiger partial charge in [-0.2, -0.15) is 0 Å². The van der Waals surface area contributed by atoms with Gasteiger partial charge < -0.3 is 10.1 Å². The number of aromatic nitrogens is 1. The van der Waals surface area contributed by atoms with Crippen molar-refractivity contribution in [3.63, 3.8) is 0 Å². The molecule has 1 saturated heterocycles. The van der Waals surface area contributed by atoms with Gasteiger partial charge in [-0.3, -0.25) is 4.90 Å². The summed E-state index contributed by atoms with van der Waals surface area (Å²) < 4.78 is 5.24. The van der Waals surface area contributed by atoms with Gasteiger partial charge in [-0.1, -0.05) is 6.07 Å². The molecule has 0 amide bonds. The Kier molecular flexibility index (Phi) is 3.70. The number of pyridine rings is 1. The first kappa shape index (κ1) is 14.8. The van der Waals surface area contributed by atoms with E-state index in [4.69, 9.17) is 4.74 Å². The molecule has 2 fully saturated rings. The number of ether oxygens (including phenoxy) is 1. The summed E-state index contributed by atoms with van der Waals surface area (Å²) in [6.45, 7) is 10.0. The summed E-state index contributed by atoms with van der Waals surface area (Å²) in [5.41, 5.74) is 1.50. The fraction of sp³-hybridized carbons (Fsp3) is 0.706. The molecule has 0 bridgehead atoms. The lowest BCUT2D eigenvalue weighted by molar-refractivity contribution is 0.0168. The zero-order valence-electron chi connectivity index (χ0n) is 13.6. The van der Waals surface area contributed by atoms with Crippen molar-refractivity contribution in [1.29, 1.82) is 0 Å². The van der Waals surface area contributed by atoms with Gasteiger partial charge in [0, 0.05) is 36.8 Å². The Bertz CT molecular complexity index is 513. The molecule has 0 aromatic carbocycles. The Morgan fingerprint density at radius 3 is 2.76 bits per heavy atom. The molecule has 4 nitrogen and oxygen atoms in total. The Morgan fingerprint density at radius 2 is 2.10 bits per heavy atom. The van der Waals surface area contributed by atoms with Crippen molar-refractivity contribution in [3.8, 4) is 5.88 Å². The highest BCUT2D eigenvalue weighted by molar-refractivity contribution is 5.16. The van der Waals surface area contributed by atoms with Gasteiger partial charge in [0.15, 0.2) is 0 Å². The van der Waals surface area contributed by atoms with Crippen molar-refractivity contribution in [1.82, 2.24) is 15.2 Å². The largest absolute Gasteiger partial charge is 0.481 e. The maximum atomic E-state index is 5.24. The number of hydrogen-bond donors (Lipinski definition) is 1. The fourth-order valence-electron chi connectivity index (χ4n) is 3.32. The molecule has 1 aliphatic heterocycles. The lowest BCUT2D eigenvalue weighted by atomic mass is 9.86. The van der Waals surface area contributed by atoms with E-state index in [0.717, 1.165) is 31.2 Å². The highest BCUT2D eigenvalue weighted by Crippen LogP contribution is 2.42. The molecule has 1 unspecified atom stereocenters. The van der Waals surface area contributed by atoms with Gasteiger partial charge in [-0.05, 0) is 45.6 Å². The molecule has 4 heteroatoms. The van der Waals surface area contributed by atoms with Gasteiger partial charge in [-0.25, -0.2) is 4.98 Å². The molecule has 2 aliphatic rings. The molecule has 21 heavy (non-hydrogen) atoms. The molecule has 1 aromatic heterocycles. The average molecular weight is 289 g/mol. The third-order valence-corrected chi connectivity index (χ3v) is 5.12. The predicted molar refractivity (Wildman–Crippen MR) is 84.4 cm³/mol. The number of hydrogen-bond acceptors (Lipinski definition) is 4. The predicted octanol–water partition coefficient (Wildman–Crippen LogP) is 2.44. The average Bonchev–Trinajstić information content (AvgIpc) is 3.29. The molecule has 2 heterocycles. The topological polar surface area (TPSA) is 37.4 Å². The van der Waals surface area contributed by atoms with Crippen molar-refractivity contribution < 1.29 is 4.74 Å². The number of nitrogens with zero attached hydrogens (tertiary/aromatic N) is 2. The van der Waals surface area contributed by atoms with Crippen molar-refractivity contribution in [2.24, 2.45) is 5.92 Å². The molecule has 1 saturated carbocycles.